The van der Waals surface area contributed by atoms with E-state index >= 15 is 0 Å². The van der Waals surface area contributed by atoms with Crippen LogP contribution in [0.15, 0.2) is 36.4 Å². The normalized spacial score (nSPS) is 11.9. The van der Waals surface area contributed by atoms with Gasteiger partial charge in [0.05, 0.1) is 50.8 Å². The van der Waals surface area contributed by atoms with Crippen LogP contribution in [-0.4, -0.2) is 52.2 Å². The van der Waals surface area contributed by atoms with Crippen molar-refractivity contribution in [1.29, 1.82) is 0 Å². The Morgan fingerprint density at radius 3 is 0.629 bits per heavy atom. The van der Waals surface area contributed by atoms with Crippen molar-refractivity contribution >= 4 is 36.9 Å². The van der Waals surface area contributed by atoms with Crippen LogP contribution < -0.4 is 28.4 Å². The van der Waals surface area contributed by atoms with Gasteiger partial charge < -0.3 is 28.4 Å². The van der Waals surface area contributed by atoms with Gasteiger partial charge in [-0.3, -0.25) is 9.59 Å². The predicted octanol–water partition coefficient (Wildman–Crippen LogP) is 14.2. The third-order valence-electron chi connectivity index (χ3n) is 10.3. The molecule has 3 rings (SSSR count). The summed E-state index contributed by atoms with van der Waals surface area (Å²) in [6, 6.07) is 11.5. The minimum absolute atomic E-state index is 0.461. The van der Waals surface area contributed by atoms with E-state index < -0.39 is 0 Å². The van der Waals surface area contributed by atoms with Gasteiger partial charge in [-0.15, -0.1) is 0 Å². The molecule has 0 aromatic heterocycles. The number of carbonyl (C=O) groups is 2. The minimum atomic E-state index is 0.461. The number of hydrogen-bond donors (Lipinski definition) is 0. The highest BCUT2D eigenvalue weighted by atomic mass is 16.5. The minimum Gasteiger partial charge on any atom is -0.493 e. The highest BCUT2D eigenvalue weighted by Crippen LogP contribution is 2.37. The first-order valence-electron chi connectivity index (χ1n) is 23.2. The smallest absolute Gasteiger partial charge is 0.153 e. The summed E-state index contributed by atoms with van der Waals surface area (Å²) in [6.45, 7) is 29.2. The lowest BCUT2D eigenvalue weighted by atomic mass is 10.0. The molecule has 0 aliphatic rings. The van der Waals surface area contributed by atoms with E-state index in [-0.39, 0.29) is 0 Å². The molecule has 0 N–H and O–H groups in total. The molecule has 0 amide bonds. The van der Waals surface area contributed by atoms with Crippen LogP contribution in [0.1, 0.15) is 165 Å². The molecule has 0 saturated heterocycles. The maximum absolute atomic E-state index is 12.3. The number of rotatable bonds is 30. The standard InChI is InChI=1S/C54H78O8/c1-37(2)17-23-57-49-29-44(14-16-46-32-54(62-28-22-42(11)12)48(36-56)34-52(46)60-26-20-40(7)8)50(58-24-18-38(3)4)30-43(49)13-15-45-31-53(61-27-21-41(9)10)47(35-55)33-51(45)59-25-19-39(5)6/h13-16,29-42H,17-28H2,1-12H3/b15-13+,16-14+. The molecule has 62 heavy (non-hydrogen) atoms. The van der Waals surface area contributed by atoms with Gasteiger partial charge in [-0.1, -0.05) is 107 Å². The quantitative estimate of drug-likeness (QED) is 0.0484. The third-order valence-corrected chi connectivity index (χ3v) is 10.3. The number of ether oxygens (including phenoxy) is 6. The zero-order valence-electron chi connectivity index (χ0n) is 40.1. The fourth-order valence-corrected chi connectivity index (χ4v) is 6.02. The van der Waals surface area contributed by atoms with Gasteiger partial charge in [0.15, 0.2) is 12.6 Å². The molecule has 0 unspecified atom stereocenters. The van der Waals surface area contributed by atoms with Crippen molar-refractivity contribution in [3.8, 4) is 34.5 Å². The van der Waals surface area contributed by atoms with Crippen molar-refractivity contribution < 1.29 is 38.0 Å². The molecule has 8 nitrogen and oxygen atoms in total. The molecule has 0 aliphatic carbocycles. The molecule has 3 aromatic rings. The molecule has 0 saturated carbocycles. The lowest BCUT2D eigenvalue weighted by Gasteiger charge is -2.18. The summed E-state index contributed by atoms with van der Waals surface area (Å²) < 4.78 is 38.1. The Kier molecular flexibility index (Phi) is 22.8. The highest BCUT2D eigenvalue weighted by Gasteiger charge is 2.16. The molecular formula is C54H78O8. The van der Waals surface area contributed by atoms with Gasteiger partial charge in [0.1, 0.15) is 34.5 Å². The molecule has 0 atom stereocenters. The van der Waals surface area contributed by atoms with E-state index in [0.29, 0.717) is 121 Å². The van der Waals surface area contributed by atoms with Crippen LogP contribution in [0.2, 0.25) is 0 Å². The van der Waals surface area contributed by atoms with Gasteiger partial charge in [-0.05, 0) is 110 Å². The van der Waals surface area contributed by atoms with E-state index in [9.17, 15) is 9.59 Å². The average molecular weight is 855 g/mol. The van der Waals surface area contributed by atoms with Gasteiger partial charge in [0, 0.05) is 22.3 Å². The molecular weight excluding hydrogens is 777 g/mol. The Labute approximate surface area is 374 Å². The van der Waals surface area contributed by atoms with Gasteiger partial charge >= 0.3 is 0 Å². The van der Waals surface area contributed by atoms with Crippen LogP contribution in [0.3, 0.4) is 0 Å². The molecule has 0 spiro atoms. The van der Waals surface area contributed by atoms with Crippen molar-refractivity contribution in [2.45, 2.75) is 122 Å². The number of aldehydes is 2. The van der Waals surface area contributed by atoms with E-state index in [2.05, 4.69) is 83.1 Å². The van der Waals surface area contributed by atoms with Crippen molar-refractivity contribution in [3.05, 3.63) is 69.8 Å². The van der Waals surface area contributed by atoms with Gasteiger partial charge in [0.2, 0.25) is 0 Å². The Bertz CT molecular complexity index is 1730. The fraction of sp³-hybridized carbons (Fsp3) is 0.556. The second-order valence-corrected chi connectivity index (χ2v) is 18.9. The topological polar surface area (TPSA) is 89.5 Å². The van der Waals surface area contributed by atoms with Crippen LogP contribution in [-0.2, 0) is 0 Å². The Morgan fingerprint density at radius 1 is 0.306 bits per heavy atom. The van der Waals surface area contributed by atoms with Gasteiger partial charge in [-0.25, -0.2) is 0 Å². The molecule has 8 heteroatoms. The van der Waals surface area contributed by atoms with E-state index in [1.165, 1.54) is 0 Å². The Balaban J connectivity index is 2.22. The van der Waals surface area contributed by atoms with E-state index in [1.54, 1.807) is 12.1 Å². The molecule has 0 aliphatic heterocycles. The SMILES string of the molecule is CC(C)CCOc1cc(/C=C/c2cc(OCCC(C)C)c(/C=C/c3cc(OCCC(C)C)c(C=O)cc3OCCC(C)C)cc2OCCC(C)C)c(OCCC(C)C)cc1C=O. The zero-order chi connectivity index (χ0) is 45.6. The van der Waals surface area contributed by atoms with Crippen LogP contribution in [0, 0.1) is 35.5 Å². The van der Waals surface area contributed by atoms with Crippen molar-refractivity contribution in [2.75, 3.05) is 39.6 Å². The largest absolute Gasteiger partial charge is 0.493 e. The van der Waals surface area contributed by atoms with Crippen LogP contribution in [0.25, 0.3) is 24.3 Å². The monoisotopic (exact) mass is 855 g/mol. The predicted molar refractivity (Wildman–Crippen MR) is 258 cm³/mol. The summed E-state index contributed by atoms with van der Waals surface area (Å²) in [6.07, 6.45) is 15.0. The molecule has 0 fully saturated rings. The van der Waals surface area contributed by atoms with Crippen molar-refractivity contribution in [1.82, 2.24) is 0 Å². The first-order valence-corrected chi connectivity index (χ1v) is 23.2. The number of hydrogen-bond acceptors (Lipinski definition) is 8. The van der Waals surface area contributed by atoms with E-state index in [0.717, 1.165) is 73.4 Å². The van der Waals surface area contributed by atoms with Crippen LogP contribution in [0.5, 0.6) is 34.5 Å². The molecule has 0 bridgehead atoms. The number of benzene rings is 3. The average Bonchev–Trinajstić information content (AvgIpc) is 3.20. The Morgan fingerprint density at radius 2 is 0.468 bits per heavy atom. The summed E-state index contributed by atoms with van der Waals surface area (Å²) in [5, 5.41) is 0. The molecule has 342 valence electrons. The molecule has 0 heterocycles. The zero-order valence-corrected chi connectivity index (χ0v) is 40.1. The lowest BCUT2D eigenvalue weighted by Crippen LogP contribution is -2.06. The van der Waals surface area contributed by atoms with Crippen molar-refractivity contribution in [2.24, 2.45) is 35.5 Å². The maximum Gasteiger partial charge on any atom is 0.153 e. The molecule has 3 aromatic carbocycles. The lowest BCUT2D eigenvalue weighted by molar-refractivity contribution is 0.111. The third kappa shape index (κ3) is 18.7. The second-order valence-electron chi connectivity index (χ2n) is 18.9. The first kappa shape index (κ1) is 51.6. The Hall–Kier alpha value is -4.72. The van der Waals surface area contributed by atoms with E-state index in [1.807, 2.05) is 48.6 Å². The summed E-state index contributed by atoms with van der Waals surface area (Å²) >= 11 is 0. The van der Waals surface area contributed by atoms with E-state index in [4.69, 9.17) is 28.4 Å². The van der Waals surface area contributed by atoms with Gasteiger partial charge in [-0.2, -0.15) is 0 Å². The summed E-state index contributed by atoms with van der Waals surface area (Å²) in [5.41, 5.74) is 4.21. The summed E-state index contributed by atoms with van der Waals surface area (Å²) in [7, 11) is 0. The summed E-state index contributed by atoms with van der Waals surface area (Å²) in [4.78, 5) is 24.5. The summed E-state index contributed by atoms with van der Waals surface area (Å²) in [5.74, 6) is 6.52. The fourth-order valence-electron chi connectivity index (χ4n) is 6.02. The number of carbonyl (C=O) groups excluding carboxylic acids is 2. The van der Waals surface area contributed by atoms with Crippen LogP contribution >= 0.6 is 0 Å². The van der Waals surface area contributed by atoms with Gasteiger partial charge in [0.25, 0.3) is 0 Å². The first-order chi connectivity index (χ1) is 29.6. The maximum atomic E-state index is 12.3. The molecule has 0 radical (unpaired) electrons. The van der Waals surface area contributed by atoms with Crippen LogP contribution in [0.4, 0.5) is 0 Å². The van der Waals surface area contributed by atoms with Crippen molar-refractivity contribution in [3.63, 3.8) is 0 Å². The highest BCUT2D eigenvalue weighted by molar-refractivity contribution is 5.86. The second kappa shape index (κ2) is 27.4.